The van der Waals surface area contributed by atoms with Crippen LogP contribution in [0.4, 0.5) is 0 Å². The Hall–Kier alpha value is -2.65. The van der Waals surface area contributed by atoms with Gasteiger partial charge in [0.25, 0.3) is 0 Å². The van der Waals surface area contributed by atoms with Gasteiger partial charge in [0.2, 0.25) is 0 Å². The third-order valence-corrected chi connectivity index (χ3v) is 3.35. The Labute approximate surface area is 130 Å². The topological polar surface area (TPSA) is 46.5 Å². The van der Waals surface area contributed by atoms with Crippen LogP contribution in [0.15, 0.2) is 67.3 Å². The lowest BCUT2D eigenvalue weighted by Gasteiger charge is -2.19. The predicted octanol–water partition coefficient (Wildman–Crippen LogP) is 4.19. The predicted molar refractivity (Wildman–Crippen MR) is 88.3 cm³/mol. The molecule has 0 heterocycles. The molecule has 0 bridgehead atoms. The van der Waals surface area contributed by atoms with Crippen LogP contribution < -0.4 is 0 Å². The summed E-state index contributed by atoms with van der Waals surface area (Å²) >= 11 is 0. The minimum absolute atomic E-state index is 0.236. The Morgan fingerprint density at radius 3 is 2.32 bits per heavy atom. The van der Waals surface area contributed by atoms with Crippen molar-refractivity contribution < 1.29 is 14.6 Å². The second-order valence-electron chi connectivity index (χ2n) is 4.85. The van der Waals surface area contributed by atoms with E-state index in [1.165, 1.54) is 0 Å². The van der Waals surface area contributed by atoms with Crippen LogP contribution in [0.3, 0.4) is 0 Å². The van der Waals surface area contributed by atoms with Gasteiger partial charge in [-0.2, -0.15) is 0 Å². The van der Waals surface area contributed by atoms with E-state index in [9.17, 15) is 4.79 Å². The number of benzene rings is 2. The molecular formula is C19H18O3. The Morgan fingerprint density at radius 2 is 1.77 bits per heavy atom. The first kappa shape index (κ1) is 15.7. The summed E-state index contributed by atoms with van der Waals surface area (Å²) in [7, 11) is 1.65. The molecule has 2 aromatic rings. The quantitative estimate of drug-likeness (QED) is 0.813. The summed E-state index contributed by atoms with van der Waals surface area (Å²) in [4.78, 5) is 10.5. The second-order valence-corrected chi connectivity index (χ2v) is 4.85. The third-order valence-electron chi connectivity index (χ3n) is 3.35. The molecule has 2 rings (SSSR count). The lowest BCUT2D eigenvalue weighted by atomic mass is 9.96. The molecular weight excluding hydrogens is 276 g/mol. The molecule has 3 nitrogen and oxygen atoms in total. The fraction of sp³-hybridized carbons (Fsp3) is 0.105. The van der Waals surface area contributed by atoms with Gasteiger partial charge in [0.15, 0.2) is 0 Å². The first-order valence-corrected chi connectivity index (χ1v) is 6.90. The van der Waals surface area contributed by atoms with Crippen LogP contribution in [0.1, 0.15) is 22.8 Å². The van der Waals surface area contributed by atoms with Gasteiger partial charge in [-0.3, -0.25) is 0 Å². The zero-order valence-corrected chi connectivity index (χ0v) is 12.4. The highest BCUT2D eigenvalue weighted by atomic mass is 16.5. The SMILES string of the molecule is C=C(c1ccccc1)C(OC)c1ccc(C=CC(=O)O)cc1. The van der Waals surface area contributed by atoms with Gasteiger partial charge in [0.05, 0.1) is 0 Å². The summed E-state index contributed by atoms with van der Waals surface area (Å²) in [5.41, 5.74) is 3.72. The van der Waals surface area contributed by atoms with E-state index in [0.717, 1.165) is 28.3 Å². The minimum atomic E-state index is -0.962. The van der Waals surface area contributed by atoms with E-state index >= 15 is 0 Å². The molecule has 3 heteroatoms. The lowest BCUT2D eigenvalue weighted by molar-refractivity contribution is -0.131. The van der Waals surface area contributed by atoms with Gasteiger partial charge in [-0.25, -0.2) is 4.79 Å². The van der Waals surface area contributed by atoms with E-state index in [0.29, 0.717) is 0 Å². The van der Waals surface area contributed by atoms with Gasteiger partial charge >= 0.3 is 5.97 Å². The van der Waals surface area contributed by atoms with Crippen LogP contribution in [0.25, 0.3) is 11.6 Å². The van der Waals surface area contributed by atoms with Crippen molar-refractivity contribution in [1.29, 1.82) is 0 Å². The van der Waals surface area contributed by atoms with Gasteiger partial charge in [-0.1, -0.05) is 61.2 Å². The normalized spacial score (nSPS) is 12.2. The number of carboxylic acid groups (broad SMARTS) is 1. The maximum Gasteiger partial charge on any atom is 0.328 e. The molecule has 0 aliphatic rings. The van der Waals surface area contributed by atoms with E-state index in [1.54, 1.807) is 13.2 Å². The van der Waals surface area contributed by atoms with Crippen LogP contribution in [0.2, 0.25) is 0 Å². The number of hydrogen-bond acceptors (Lipinski definition) is 2. The number of carboxylic acids is 1. The summed E-state index contributed by atoms with van der Waals surface area (Å²) in [6.45, 7) is 4.14. The third kappa shape index (κ3) is 3.93. The highest BCUT2D eigenvalue weighted by molar-refractivity contribution is 5.85. The first-order chi connectivity index (χ1) is 10.6. The molecule has 1 atom stereocenters. The molecule has 0 aliphatic carbocycles. The fourth-order valence-electron chi connectivity index (χ4n) is 2.23. The van der Waals surface area contributed by atoms with Gasteiger partial charge in [0, 0.05) is 13.2 Å². The molecule has 0 aliphatic heterocycles. The Balaban J connectivity index is 2.21. The molecule has 0 saturated carbocycles. The summed E-state index contributed by atoms with van der Waals surface area (Å²) < 4.78 is 5.58. The van der Waals surface area contributed by atoms with Crippen molar-refractivity contribution in [3.63, 3.8) is 0 Å². The molecule has 0 aromatic heterocycles. The fourth-order valence-corrected chi connectivity index (χ4v) is 2.23. The highest BCUT2D eigenvalue weighted by Crippen LogP contribution is 2.31. The summed E-state index contributed by atoms with van der Waals surface area (Å²) in [6, 6.07) is 17.4. The smallest absolute Gasteiger partial charge is 0.328 e. The van der Waals surface area contributed by atoms with Crippen molar-refractivity contribution in [2.45, 2.75) is 6.10 Å². The number of ether oxygens (including phenoxy) is 1. The number of methoxy groups -OCH3 is 1. The van der Waals surface area contributed by atoms with Crippen LogP contribution in [0, 0.1) is 0 Å². The van der Waals surface area contributed by atoms with E-state index in [4.69, 9.17) is 9.84 Å². The van der Waals surface area contributed by atoms with E-state index in [-0.39, 0.29) is 6.10 Å². The summed E-state index contributed by atoms with van der Waals surface area (Å²) in [6.07, 6.45) is 2.44. The number of hydrogen-bond donors (Lipinski definition) is 1. The standard InChI is InChI=1S/C19H18O3/c1-14(16-6-4-3-5-7-16)19(22-2)17-11-8-15(9-12-17)10-13-18(20)21/h3-13,19H,1H2,2H3,(H,20,21). The molecule has 0 amide bonds. The second kappa shape index (κ2) is 7.38. The molecule has 1 unspecified atom stereocenters. The van der Waals surface area contributed by atoms with Crippen molar-refractivity contribution in [2.24, 2.45) is 0 Å². The van der Waals surface area contributed by atoms with E-state index < -0.39 is 5.97 Å². The monoisotopic (exact) mass is 294 g/mol. The van der Waals surface area contributed by atoms with Crippen LogP contribution in [-0.4, -0.2) is 18.2 Å². The van der Waals surface area contributed by atoms with Crippen molar-refractivity contribution in [2.75, 3.05) is 7.11 Å². The Morgan fingerprint density at radius 1 is 1.14 bits per heavy atom. The maximum atomic E-state index is 10.5. The largest absolute Gasteiger partial charge is 0.478 e. The lowest BCUT2D eigenvalue weighted by Crippen LogP contribution is -2.03. The molecule has 1 N–H and O–H groups in total. The zero-order valence-electron chi connectivity index (χ0n) is 12.4. The van der Waals surface area contributed by atoms with Crippen molar-refractivity contribution in [3.8, 4) is 0 Å². The molecule has 0 radical (unpaired) electrons. The average Bonchev–Trinajstić information content (AvgIpc) is 2.55. The Kier molecular flexibility index (Phi) is 5.28. The highest BCUT2D eigenvalue weighted by Gasteiger charge is 2.15. The van der Waals surface area contributed by atoms with Gasteiger partial charge in [-0.05, 0) is 28.3 Å². The Bertz CT molecular complexity index is 670. The molecule has 2 aromatic carbocycles. The maximum absolute atomic E-state index is 10.5. The first-order valence-electron chi connectivity index (χ1n) is 6.90. The summed E-state index contributed by atoms with van der Waals surface area (Å²) in [5, 5.41) is 8.64. The van der Waals surface area contributed by atoms with Crippen LogP contribution in [0.5, 0.6) is 0 Å². The van der Waals surface area contributed by atoms with Gasteiger partial charge in [0.1, 0.15) is 6.10 Å². The molecule has 22 heavy (non-hydrogen) atoms. The van der Waals surface area contributed by atoms with Gasteiger partial charge in [-0.15, -0.1) is 0 Å². The minimum Gasteiger partial charge on any atom is -0.478 e. The average molecular weight is 294 g/mol. The molecule has 0 spiro atoms. The number of aliphatic carboxylic acids is 1. The van der Waals surface area contributed by atoms with Crippen LogP contribution in [-0.2, 0) is 9.53 Å². The zero-order chi connectivity index (χ0) is 15.9. The van der Waals surface area contributed by atoms with Gasteiger partial charge < -0.3 is 9.84 Å². The van der Waals surface area contributed by atoms with E-state index in [1.807, 2.05) is 54.6 Å². The van der Waals surface area contributed by atoms with Crippen molar-refractivity contribution >= 4 is 17.6 Å². The van der Waals surface area contributed by atoms with Crippen LogP contribution >= 0.6 is 0 Å². The van der Waals surface area contributed by atoms with Crippen molar-refractivity contribution in [3.05, 3.63) is 83.9 Å². The molecule has 112 valence electrons. The molecule has 0 fully saturated rings. The van der Waals surface area contributed by atoms with Crippen molar-refractivity contribution in [1.82, 2.24) is 0 Å². The summed E-state index contributed by atoms with van der Waals surface area (Å²) in [5.74, 6) is -0.962. The number of rotatable bonds is 6. The number of carbonyl (C=O) groups is 1. The van der Waals surface area contributed by atoms with E-state index in [2.05, 4.69) is 6.58 Å². The molecule has 0 saturated heterocycles.